The molecule has 0 saturated carbocycles. The molecule has 0 aliphatic carbocycles. The highest BCUT2D eigenvalue weighted by atomic mass is 16.5. The summed E-state index contributed by atoms with van der Waals surface area (Å²) < 4.78 is 5.26. The van der Waals surface area contributed by atoms with Crippen molar-refractivity contribution in [3.05, 3.63) is 18.0 Å². The predicted molar refractivity (Wildman–Crippen MR) is 55.8 cm³/mol. The first kappa shape index (κ1) is 10.8. The molecule has 1 aromatic rings. The third kappa shape index (κ3) is 2.10. The van der Waals surface area contributed by atoms with Crippen molar-refractivity contribution in [3.8, 4) is 6.07 Å². The molecule has 0 radical (unpaired) electrons. The Hall–Kier alpha value is -1.71. The van der Waals surface area contributed by atoms with Gasteiger partial charge in [0.2, 0.25) is 5.95 Å². The van der Waals surface area contributed by atoms with E-state index >= 15 is 0 Å². The molecule has 0 spiro atoms. The van der Waals surface area contributed by atoms with Crippen molar-refractivity contribution in [1.29, 1.82) is 5.26 Å². The number of nitrogens with zero attached hydrogens (tertiary/aromatic N) is 4. The average molecular weight is 220 g/mol. The van der Waals surface area contributed by atoms with Crippen LogP contribution >= 0.6 is 0 Å². The number of aromatic nitrogens is 2. The lowest BCUT2D eigenvalue weighted by Crippen LogP contribution is -2.48. The summed E-state index contributed by atoms with van der Waals surface area (Å²) in [5, 5.41) is 18.0. The lowest BCUT2D eigenvalue weighted by Gasteiger charge is -2.34. The summed E-state index contributed by atoms with van der Waals surface area (Å²) in [4.78, 5) is 10.1. The predicted octanol–water partition coefficient (Wildman–Crippen LogP) is -0.454. The molecule has 6 heteroatoms. The second kappa shape index (κ2) is 4.88. The molecule has 1 aliphatic heterocycles. The van der Waals surface area contributed by atoms with Gasteiger partial charge in [-0.1, -0.05) is 0 Å². The Morgan fingerprint density at radius 2 is 2.56 bits per heavy atom. The van der Waals surface area contributed by atoms with Crippen LogP contribution in [0.2, 0.25) is 0 Å². The van der Waals surface area contributed by atoms with Crippen molar-refractivity contribution in [2.75, 3.05) is 31.3 Å². The van der Waals surface area contributed by atoms with E-state index in [1.165, 1.54) is 0 Å². The molecule has 1 saturated heterocycles. The first-order valence-electron chi connectivity index (χ1n) is 5.03. The molecule has 1 unspecified atom stereocenters. The number of nitriles is 1. The van der Waals surface area contributed by atoms with Gasteiger partial charge in [0.1, 0.15) is 11.8 Å². The maximum absolute atomic E-state index is 9.21. The van der Waals surface area contributed by atoms with Gasteiger partial charge in [0.15, 0.2) is 0 Å². The first-order valence-corrected chi connectivity index (χ1v) is 5.03. The van der Waals surface area contributed by atoms with Crippen molar-refractivity contribution in [3.63, 3.8) is 0 Å². The Kier molecular flexibility index (Phi) is 3.29. The van der Waals surface area contributed by atoms with Gasteiger partial charge in [-0.05, 0) is 6.07 Å². The van der Waals surface area contributed by atoms with E-state index in [4.69, 9.17) is 10.00 Å². The molecule has 1 aliphatic rings. The highest BCUT2D eigenvalue weighted by Crippen LogP contribution is 2.14. The first-order chi connectivity index (χ1) is 7.85. The van der Waals surface area contributed by atoms with Gasteiger partial charge in [0.25, 0.3) is 0 Å². The van der Waals surface area contributed by atoms with Crippen LogP contribution in [-0.2, 0) is 4.74 Å². The minimum Gasteiger partial charge on any atom is -0.394 e. The fourth-order valence-electron chi connectivity index (χ4n) is 1.62. The van der Waals surface area contributed by atoms with E-state index in [1.807, 2.05) is 11.0 Å². The quantitative estimate of drug-likeness (QED) is 0.726. The molecule has 0 aromatic carbocycles. The standard InChI is InChI=1S/C10H12N4O2/c11-5-8-1-2-12-10(13-8)14-3-4-16-7-9(14)6-15/h1-2,9,15H,3-4,6-7H2. The van der Waals surface area contributed by atoms with Crippen LogP contribution in [0.4, 0.5) is 5.95 Å². The molecule has 16 heavy (non-hydrogen) atoms. The summed E-state index contributed by atoms with van der Waals surface area (Å²) in [7, 11) is 0. The second-order valence-electron chi connectivity index (χ2n) is 3.46. The van der Waals surface area contributed by atoms with Gasteiger partial charge in [-0.3, -0.25) is 0 Å². The summed E-state index contributed by atoms with van der Waals surface area (Å²) in [5.74, 6) is 0.474. The largest absolute Gasteiger partial charge is 0.394 e. The Bertz CT molecular complexity index is 404. The van der Waals surface area contributed by atoms with Crippen molar-refractivity contribution >= 4 is 5.95 Å². The minimum absolute atomic E-state index is 0.0137. The SMILES string of the molecule is N#Cc1ccnc(N2CCOCC2CO)n1. The Balaban J connectivity index is 2.24. The molecular weight excluding hydrogens is 208 g/mol. The zero-order valence-electron chi connectivity index (χ0n) is 8.70. The van der Waals surface area contributed by atoms with Crippen LogP contribution < -0.4 is 4.90 Å². The zero-order chi connectivity index (χ0) is 11.4. The molecule has 1 N–H and O–H groups in total. The second-order valence-corrected chi connectivity index (χ2v) is 3.46. The van der Waals surface area contributed by atoms with Crippen LogP contribution in [0.25, 0.3) is 0 Å². The minimum atomic E-state index is -0.136. The van der Waals surface area contributed by atoms with E-state index in [1.54, 1.807) is 12.3 Å². The van der Waals surface area contributed by atoms with E-state index in [0.29, 0.717) is 31.4 Å². The van der Waals surface area contributed by atoms with Crippen LogP contribution in [-0.4, -0.2) is 47.5 Å². The van der Waals surface area contributed by atoms with Crippen molar-refractivity contribution in [2.24, 2.45) is 0 Å². The number of hydrogen-bond donors (Lipinski definition) is 1. The molecule has 2 rings (SSSR count). The topological polar surface area (TPSA) is 82.3 Å². The van der Waals surface area contributed by atoms with Gasteiger partial charge in [-0.15, -0.1) is 0 Å². The highest BCUT2D eigenvalue weighted by Gasteiger charge is 2.24. The number of rotatable bonds is 2. The van der Waals surface area contributed by atoms with Crippen LogP contribution in [0.5, 0.6) is 0 Å². The fourth-order valence-corrected chi connectivity index (χ4v) is 1.62. The molecular formula is C10H12N4O2. The molecule has 0 bridgehead atoms. The monoisotopic (exact) mass is 220 g/mol. The molecule has 2 heterocycles. The lowest BCUT2D eigenvalue weighted by atomic mass is 10.2. The molecule has 0 amide bonds. The maximum Gasteiger partial charge on any atom is 0.227 e. The number of morpholine rings is 1. The van der Waals surface area contributed by atoms with Crippen LogP contribution in [0.15, 0.2) is 12.3 Å². The molecule has 1 aromatic heterocycles. The summed E-state index contributed by atoms with van der Waals surface area (Å²) in [6, 6.07) is 3.38. The van der Waals surface area contributed by atoms with Gasteiger partial charge in [-0.2, -0.15) is 5.26 Å². The van der Waals surface area contributed by atoms with Crippen LogP contribution in [0.1, 0.15) is 5.69 Å². The Morgan fingerprint density at radius 1 is 1.69 bits per heavy atom. The summed E-state index contributed by atoms with van der Waals surface area (Å²) >= 11 is 0. The summed E-state index contributed by atoms with van der Waals surface area (Å²) in [5.41, 5.74) is 0.327. The van der Waals surface area contributed by atoms with E-state index < -0.39 is 0 Å². The molecule has 1 atom stereocenters. The van der Waals surface area contributed by atoms with Gasteiger partial charge in [-0.25, -0.2) is 9.97 Å². The number of hydrogen-bond acceptors (Lipinski definition) is 6. The van der Waals surface area contributed by atoms with Gasteiger partial charge in [0.05, 0.1) is 25.9 Å². The Labute approximate surface area is 93.1 Å². The molecule has 1 fully saturated rings. The van der Waals surface area contributed by atoms with E-state index in [2.05, 4.69) is 9.97 Å². The van der Waals surface area contributed by atoms with Gasteiger partial charge < -0.3 is 14.7 Å². The summed E-state index contributed by atoms with van der Waals surface area (Å²) in [6.07, 6.45) is 1.55. The number of ether oxygens (including phenoxy) is 1. The highest BCUT2D eigenvalue weighted by molar-refractivity contribution is 5.35. The van der Waals surface area contributed by atoms with Crippen LogP contribution in [0.3, 0.4) is 0 Å². The van der Waals surface area contributed by atoms with E-state index in [-0.39, 0.29) is 12.6 Å². The van der Waals surface area contributed by atoms with E-state index in [0.717, 1.165) is 0 Å². The van der Waals surface area contributed by atoms with E-state index in [9.17, 15) is 5.11 Å². The Morgan fingerprint density at radius 3 is 3.31 bits per heavy atom. The average Bonchev–Trinajstić information content (AvgIpc) is 2.38. The summed E-state index contributed by atoms with van der Waals surface area (Å²) in [6.45, 7) is 1.65. The van der Waals surface area contributed by atoms with Gasteiger partial charge >= 0.3 is 0 Å². The van der Waals surface area contributed by atoms with Gasteiger partial charge in [0, 0.05) is 12.7 Å². The zero-order valence-corrected chi connectivity index (χ0v) is 8.70. The molecule has 84 valence electrons. The molecule has 6 nitrogen and oxygen atoms in total. The number of aliphatic hydroxyl groups is 1. The van der Waals surface area contributed by atoms with Crippen LogP contribution in [0, 0.1) is 11.3 Å². The van der Waals surface area contributed by atoms with Crippen molar-refractivity contribution in [2.45, 2.75) is 6.04 Å². The third-order valence-electron chi connectivity index (χ3n) is 2.45. The fraction of sp³-hybridized carbons (Fsp3) is 0.500. The normalized spacial score (nSPS) is 20.5. The van der Waals surface area contributed by atoms with Crippen molar-refractivity contribution < 1.29 is 9.84 Å². The lowest BCUT2D eigenvalue weighted by molar-refractivity contribution is 0.0718. The number of anilines is 1. The maximum atomic E-state index is 9.21. The third-order valence-corrected chi connectivity index (χ3v) is 2.45. The smallest absolute Gasteiger partial charge is 0.227 e. The number of aliphatic hydroxyl groups excluding tert-OH is 1. The van der Waals surface area contributed by atoms with Crippen molar-refractivity contribution in [1.82, 2.24) is 9.97 Å².